The maximum absolute atomic E-state index is 12.6. The first-order valence-corrected chi connectivity index (χ1v) is 8.71. The van der Waals surface area contributed by atoms with Crippen LogP contribution < -0.4 is 5.32 Å². The Morgan fingerprint density at radius 1 is 1.38 bits per heavy atom. The van der Waals surface area contributed by atoms with E-state index < -0.39 is 11.9 Å². The minimum atomic E-state index is -4.45. The van der Waals surface area contributed by atoms with Gasteiger partial charge in [0, 0.05) is 18.8 Å². The Morgan fingerprint density at radius 2 is 2.19 bits per heavy atom. The Kier molecular flexibility index (Phi) is 5.12. The fourth-order valence-electron chi connectivity index (χ4n) is 2.39. The van der Waals surface area contributed by atoms with Crippen LogP contribution >= 0.6 is 11.3 Å². The average molecular weight is 383 g/mol. The summed E-state index contributed by atoms with van der Waals surface area (Å²) in [5.41, 5.74) is 0.549. The van der Waals surface area contributed by atoms with Crippen LogP contribution in [0.15, 0.2) is 29.6 Å². The predicted molar refractivity (Wildman–Crippen MR) is 90.8 cm³/mol. The Labute approximate surface area is 151 Å². The second-order valence-corrected chi connectivity index (χ2v) is 6.59. The number of hydrogen-bond acceptors (Lipinski definition) is 4. The Hall–Kier alpha value is -2.62. The topological polar surface area (TPSA) is 75.6 Å². The van der Waals surface area contributed by atoms with E-state index in [9.17, 15) is 18.0 Å². The number of nitrogens with one attached hydrogen (secondary N) is 2. The molecule has 10 heteroatoms. The van der Waals surface area contributed by atoms with E-state index in [1.807, 2.05) is 17.5 Å². The minimum absolute atomic E-state index is 0.267. The Morgan fingerprint density at radius 3 is 2.85 bits per heavy atom. The third kappa shape index (κ3) is 4.13. The molecular formula is C16H16F3N5OS. The number of aromatic amines is 1. The molecule has 1 amide bonds. The Balaban J connectivity index is 1.49. The highest BCUT2D eigenvalue weighted by molar-refractivity contribution is 7.13. The van der Waals surface area contributed by atoms with Gasteiger partial charge in [-0.25, -0.2) is 0 Å². The van der Waals surface area contributed by atoms with Crippen molar-refractivity contribution in [3.63, 3.8) is 0 Å². The molecule has 0 aliphatic heterocycles. The third-order valence-corrected chi connectivity index (χ3v) is 4.60. The number of rotatable bonds is 6. The molecule has 0 bridgehead atoms. The van der Waals surface area contributed by atoms with Crippen LogP contribution in [0.1, 0.15) is 28.3 Å². The molecule has 6 nitrogen and oxygen atoms in total. The molecule has 3 heterocycles. The summed E-state index contributed by atoms with van der Waals surface area (Å²) >= 11 is 1.53. The van der Waals surface area contributed by atoms with E-state index in [-0.39, 0.29) is 18.1 Å². The van der Waals surface area contributed by atoms with Gasteiger partial charge in [0.1, 0.15) is 0 Å². The van der Waals surface area contributed by atoms with Crippen molar-refractivity contribution in [1.82, 2.24) is 25.3 Å². The number of H-pyrrole nitrogens is 1. The number of aryl methyl sites for hydroxylation is 2. The molecule has 0 atom stereocenters. The highest BCUT2D eigenvalue weighted by Gasteiger charge is 2.34. The molecule has 0 aliphatic rings. The summed E-state index contributed by atoms with van der Waals surface area (Å²) in [6, 6.07) is 6.49. The third-order valence-electron chi connectivity index (χ3n) is 3.70. The van der Waals surface area contributed by atoms with Gasteiger partial charge in [0.05, 0.1) is 10.6 Å². The van der Waals surface area contributed by atoms with E-state index in [1.165, 1.54) is 16.0 Å². The molecule has 0 aliphatic carbocycles. The zero-order valence-corrected chi connectivity index (χ0v) is 14.6. The van der Waals surface area contributed by atoms with Crippen molar-refractivity contribution in [1.29, 1.82) is 0 Å². The normalized spacial score (nSPS) is 11.7. The molecule has 3 aromatic heterocycles. The van der Waals surface area contributed by atoms with Crippen LogP contribution in [0.25, 0.3) is 10.6 Å². The highest BCUT2D eigenvalue weighted by atomic mass is 32.1. The van der Waals surface area contributed by atoms with Crippen LogP contribution in [0.2, 0.25) is 0 Å². The van der Waals surface area contributed by atoms with E-state index in [0.717, 1.165) is 16.6 Å². The molecule has 0 unspecified atom stereocenters. The van der Waals surface area contributed by atoms with E-state index in [2.05, 4.69) is 20.6 Å². The summed E-state index contributed by atoms with van der Waals surface area (Å²) in [5.74, 6) is -0.336. The summed E-state index contributed by atoms with van der Waals surface area (Å²) in [4.78, 5) is 13.1. The molecule has 0 saturated carbocycles. The molecule has 0 spiro atoms. The van der Waals surface area contributed by atoms with Gasteiger partial charge in [0.25, 0.3) is 5.91 Å². The number of carbonyl (C=O) groups is 1. The lowest BCUT2D eigenvalue weighted by Gasteiger charge is -2.06. The zero-order chi connectivity index (χ0) is 18.7. The van der Waals surface area contributed by atoms with E-state index >= 15 is 0 Å². The lowest BCUT2D eigenvalue weighted by molar-refractivity contribution is -0.141. The summed E-state index contributed by atoms with van der Waals surface area (Å²) in [6.45, 7) is 2.15. The van der Waals surface area contributed by atoms with Crippen LogP contribution in [0.3, 0.4) is 0 Å². The van der Waals surface area contributed by atoms with Crippen LogP contribution in [0, 0.1) is 6.92 Å². The van der Waals surface area contributed by atoms with Crippen LogP contribution in [-0.4, -0.2) is 32.4 Å². The van der Waals surface area contributed by atoms with Crippen LogP contribution in [0.5, 0.6) is 0 Å². The lowest BCUT2D eigenvalue weighted by atomic mass is 10.3. The quantitative estimate of drug-likeness (QED) is 0.640. The number of carbonyl (C=O) groups excluding carboxylic acids is 1. The van der Waals surface area contributed by atoms with Gasteiger partial charge < -0.3 is 5.32 Å². The summed E-state index contributed by atoms with van der Waals surface area (Å²) in [5, 5.41) is 15.0. The van der Waals surface area contributed by atoms with Gasteiger partial charge in [0.2, 0.25) is 0 Å². The van der Waals surface area contributed by atoms with E-state index in [0.29, 0.717) is 18.7 Å². The molecule has 3 rings (SSSR count). The molecule has 0 fully saturated rings. The van der Waals surface area contributed by atoms with Crippen molar-refractivity contribution in [2.45, 2.75) is 26.1 Å². The van der Waals surface area contributed by atoms with Crippen molar-refractivity contribution < 1.29 is 18.0 Å². The minimum Gasteiger partial charge on any atom is -0.351 e. The van der Waals surface area contributed by atoms with Gasteiger partial charge >= 0.3 is 6.18 Å². The smallest absolute Gasteiger partial charge is 0.351 e. The SMILES string of the molecule is Cc1cc(C(F)(F)F)nn1CCCNC(=O)c1cc(-c2cccs2)[nH]n1. The van der Waals surface area contributed by atoms with Crippen molar-refractivity contribution in [3.8, 4) is 10.6 Å². The number of nitrogens with zero attached hydrogens (tertiary/aromatic N) is 3. The van der Waals surface area contributed by atoms with Gasteiger partial charge in [-0.1, -0.05) is 6.07 Å². The fourth-order valence-corrected chi connectivity index (χ4v) is 3.08. The van der Waals surface area contributed by atoms with Crippen molar-refractivity contribution >= 4 is 17.2 Å². The molecule has 0 aromatic carbocycles. The van der Waals surface area contributed by atoms with Gasteiger partial charge in [-0.2, -0.15) is 23.4 Å². The number of amides is 1. The number of thiophene rings is 1. The van der Waals surface area contributed by atoms with Gasteiger partial charge in [0.15, 0.2) is 11.4 Å². The molecule has 2 N–H and O–H groups in total. The largest absolute Gasteiger partial charge is 0.435 e. The van der Waals surface area contributed by atoms with E-state index in [1.54, 1.807) is 13.0 Å². The maximum atomic E-state index is 12.6. The predicted octanol–water partition coefficient (Wildman–Crippen LogP) is 3.48. The van der Waals surface area contributed by atoms with Crippen molar-refractivity contribution in [3.05, 3.63) is 46.7 Å². The van der Waals surface area contributed by atoms with Crippen molar-refractivity contribution in [2.24, 2.45) is 0 Å². The van der Waals surface area contributed by atoms with Crippen LogP contribution in [0.4, 0.5) is 13.2 Å². The Bertz CT molecular complexity index is 882. The highest BCUT2D eigenvalue weighted by Crippen LogP contribution is 2.28. The molecule has 3 aromatic rings. The average Bonchev–Trinajstić information content (AvgIpc) is 3.30. The summed E-state index contributed by atoms with van der Waals surface area (Å²) in [6.07, 6.45) is -4.00. The first-order chi connectivity index (χ1) is 12.3. The van der Waals surface area contributed by atoms with Gasteiger partial charge in [-0.15, -0.1) is 11.3 Å². The second-order valence-electron chi connectivity index (χ2n) is 5.65. The van der Waals surface area contributed by atoms with Gasteiger partial charge in [-0.3, -0.25) is 14.6 Å². The first-order valence-electron chi connectivity index (χ1n) is 7.84. The van der Waals surface area contributed by atoms with Crippen LogP contribution in [-0.2, 0) is 12.7 Å². The monoisotopic (exact) mass is 383 g/mol. The molecule has 0 saturated heterocycles. The lowest BCUT2D eigenvalue weighted by Crippen LogP contribution is -2.25. The second kappa shape index (κ2) is 7.32. The van der Waals surface area contributed by atoms with Crippen molar-refractivity contribution in [2.75, 3.05) is 6.54 Å². The first kappa shape index (κ1) is 18.2. The van der Waals surface area contributed by atoms with Gasteiger partial charge in [-0.05, 0) is 36.9 Å². The fraction of sp³-hybridized carbons (Fsp3) is 0.312. The summed E-state index contributed by atoms with van der Waals surface area (Å²) < 4.78 is 39.2. The van der Waals surface area contributed by atoms with E-state index in [4.69, 9.17) is 0 Å². The number of halogens is 3. The zero-order valence-electron chi connectivity index (χ0n) is 13.8. The molecule has 0 radical (unpaired) electrons. The molecule has 26 heavy (non-hydrogen) atoms. The number of hydrogen-bond donors (Lipinski definition) is 2. The standard InChI is InChI=1S/C16H16F3N5OS/c1-10-8-14(16(17,18)19)23-24(10)6-3-5-20-15(25)12-9-11(21-22-12)13-4-2-7-26-13/h2,4,7-9H,3,5-6H2,1H3,(H,20,25)(H,21,22). The molecular weight excluding hydrogens is 367 g/mol. The molecule has 138 valence electrons. The maximum Gasteiger partial charge on any atom is 0.435 e. The number of alkyl halides is 3. The number of aromatic nitrogens is 4. The summed E-state index contributed by atoms with van der Waals surface area (Å²) in [7, 11) is 0.